The standard InChI is InChI=1S/C27H25N/c1-20-8-6-7-11-27(20)26-17-16-25(18-26)24-14-12-22(13-15-24)19-28-21(2)23-9-4-3-5-10-23/h3-17H,18-19H2,1-2H3. The van der Waals surface area contributed by atoms with Crippen molar-refractivity contribution in [2.45, 2.75) is 26.8 Å². The Morgan fingerprint density at radius 1 is 0.786 bits per heavy atom. The first-order valence-corrected chi connectivity index (χ1v) is 9.82. The van der Waals surface area contributed by atoms with E-state index in [4.69, 9.17) is 4.99 Å². The molecule has 0 aromatic heterocycles. The van der Waals surface area contributed by atoms with E-state index in [0.717, 1.165) is 12.1 Å². The maximum Gasteiger partial charge on any atom is 0.0643 e. The van der Waals surface area contributed by atoms with E-state index in [2.05, 4.69) is 98.8 Å². The molecular weight excluding hydrogens is 338 g/mol. The molecule has 28 heavy (non-hydrogen) atoms. The van der Waals surface area contributed by atoms with Crippen molar-refractivity contribution >= 4 is 16.9 Å². The van der Waals surface area contributed by atoms with Crippen molar-refractivity contribution in [1.29, 1.82) is 0 Å². The summed E-state index contributed by atoms with van der Waals surface area (Å²) in [7, 11) is 0. The zero-order valence-electron chi connectivity index (χ0n) is 16.5. The molecule has 0 unspecified atom stereocenters. The van der Waals surface area contributed by atoms with E-state index in [9.17, 15) is 0 Å². The Morgan fingerprint density at radius 2 is 1.46 bits per heavy atom. The summed E-state index contributed by atoms with van der Waals surface area (Å²) < 4.78 is 0. The highest BCUT2D eigenvalue weighted by Gasteiger charge is 2.13. The van der Waals surface area contributed by atoms with Gasteiger partial charge in [0.1, 0.15) is 0 Å². The minimum absolute atomic E-state index is 0.715. The first-order valence-electron chi connectivity index (χ1n) is 9.82. The van der Waals surface area contributed by atoms with Gasteiger partial charge in [-0.15, -0.1) is 0 Å². The highest BCUT2D eigenvalue weighted by Crippen LogP contribution is 2.35. The lowest BCUT2D eigenvalue weighted by molar-refractivity contribution is 1.06. The van der Waals surface area contributed by atoms with Gasteiger partial charge in [0.2, 0.25) is 0 Å². The second kappa shape index (κ2) is 8.22. The summed E-state index contributed by atoms with van der Waals surface area (Å²) in [6.07, 6.45) is 5.52. The average Bonchev–Trinajstić information content (AvgIpc) is 3.23. The topological polar surface area (TPSA) is 12.4 Å². The molecule has 1 aliphatic rings. The molecule has 0 amide bonds. The molecule has 4 rings (SSSR count). The smallest absolute Gasteiger partial charge is 0.0643 e. The van der Waals surface area contributed by atoms with E-state index in [1.54, 1.807) is 0 Å². The summed E-state index contributed by atoms with van der Waals surface area (Å²) in [5.41, 5.74) is 10.3. The van der Waals surface area contributed by atoms with Gasteiger partial charge in [0.15, 0.2) is 0 Å². The van der Waals surface area contributed by atoms with Crippen molar-refractivity contribution in [2.24, 2.45) is 4.99 Å². The van der Waals surface area contributed by atoms with Gasteiger partial charge in [0, 0.05) is 5.71 Å². The Hall–Kier alpha value is -3.19. The van der Waals surface area contributed by atoms with E-state index in [1.165, 1.54) is 39.0 Å². The Labute approximate surface area is 167 Å². The molecule has 0 radical (unpaired) electrons. The summed E-state index contributed by atoms with van der Waals surface area (Å²) >= 11 is 0. The van der Waals surface area contributed by atoms with Gasteiger partial charge in [-0.05, 0) is 59.2 Å². The fraction of sp³-hybridized carbons (Fsp3) is 0.148. The molecule has 0 saturated heterocycles. The largest absolute Gasteiger partial charge is 0.285 e. The number of allylic oxidation sites excluding steroid dienone is 4. The molecule has 0 bridgehead atoms. The number of hydrogen-bond acceptors (Lipinski definition) is 1. The van der Waals surface area contributed by atoms with Crippen LogP contribution in [-0.2, 0) is 6.54 Å². The number of aryl methyl sites for hydroxylation is 1. The molecule has 0 N–H and O–H groups in total. The third-order valence-electron chi connectivity index (χ3n) is 5.37. The van der Waals surface area contributed by atoms with E-state index in [1.807, 2.05) is 6.07 Å². The van der Waals surface area contributed by atoms with Crippen LogP contribution in [0.3, 0.4) is 0 Å². The highest BCUT2D eigenvalue weighted by atomic mass is 14.7. The van der Waals surface area contributed by atoms with E-state index in [0.29, 0.717) is 6.54 Å². The maximum absolute atomic E-state index is 4.75. The van der Waals surface area contributed by atoms with E-state index in [-0.39, 0.29) is 0 Å². The molecule has 1 heteroatoms. The zero-order valence-corrected chi connectivity index (χ0v) is 16.5. The lowest BCUT2D eigenvalue weighted by Gasteiger charge is -2.09. The second-order valence-corrected chi connectivity index (χ2v) is 7.34. The van der Waals surface area contributed by atoms with Crippen LogP contribution in [0.1, 0.15) is 41.2 Å². The van der Waals surface area contributed by atoms with Gasteiger partial charge in [0.25, 0.3) is 0 Å². The second-order valence-electron chi connectivity index (χ2n) is 7.34. The van der Waals surface area contributed by atoms with Gasteiger partial charge >= 0.3 is 0 Å². The molecule has 0 spiro atoms. The first kappa shape index (κ1) is 18.2. The monoisotopic (exact) mass is 363 g/mol. The number of hydrogen-bond donors (Lipinski definition) is 0. The SMILES string of the molecule is CC(=NCc1ccc(C2=CC=C(c3ccccc3C)C2)cc1)c1ccccc1. The van der Waals surface area contributed by atoms with Gasteiger partial charge in [-0.2, -0.15) is 0 Å². The fourth-order valence-corrected chi connectivity index (χ4v) is 3.65. The lowest BCUT2D eigenvalue weighted by Crippen LogP contribution is -1.95. The predicted octanol–water partition coefficient (Wildman–Crippen LogP) is 6.87. The lowest BCUT2D eigenvalue weighted by atomic mass is 9.96. The number of benzene rings is 3. The van der Waals surface area contributed by atoms with E-state index < -0.39 is 0 Å². The van der Waals surface area contributed by atoms with Crippen molar-refractivity contribution < 1.29 is 0 Å². The molecule has 0 aliphatic heterocycles. The molecular formula is C27H25N. The van der Waals surface area contributed by atoms with Crippen molar-refractivity contribution in [1.82, 2.24) is 0 Å². The summed E-state index contributed by atoms with van der Waals surface area (Å²) in [6.45, 7) is 4.97. The Bertz CT molecular complexity index is 1050. The average molecular weight is 364 g/mol. The minimum Gasteiger partial charge on any atom is -0.285 e. The number of rotatable bonds is 5. The van der Waals surface area contributed by atoms with Crippen molar-refractivity contribution in [2.75, 3.05) is 0 Å². The van der Waals surface area contributed by atoms with Gasteiger partial charge in [-0.3, -0.25) is 4.99 Å². The highest BCUT2D eigenvalue weighted by molar-refractivity contribution is 5.98. The van der Waals surface area contributed by atoms with Crippen LogP contribution in [0, 0.1) is 6.92 Å². The van der Waals surface area contributed by atoms with Crippen molar-refractivity contribution in [3.63, 3.8) is 0 Å². The van der Waals surface area contributed by atoms with Crippen LogP contribution < -0.4 is 0 Å². The molecule has 1 nitrogen and oxygen atoms in total. The molecule has 0 saturated carbocycles. The van der Waals surface area contributed by atoms with Crippen LogP contribution in [-0.4, -0.2) is 5.71 Å². The van der Waals surface area contributed by atoms with Crippen LogP contribution in [0.4, 0.5) is 0 Å². The Morgan fingerprint density at radius 3 is 2.21 bits per heavy atom. The third kappa shape index (κ3) is 4.04. The summed E-state index contributed by atoms with van der Waals surface area (Å²) in [5, 5.41) is 0. The van der Waals surface area contributed by atoms with Crippen LogP contribution in [0.25, 0.3) is 11.1 Å². The number of nitrogens with zero attached hydrogens (tertiary/aromatic N) is 1. The minimum atomic E-state index is 0.715. The van der Waals surface area contributed by atoms with Gasteiger partial charge in [0.05, 0.1) is 6.54 Å². The van der Waals surface area contributed by atoms with Crippen molar-refractivity contribution in [3.05, 3.63) is 119 Å². The molecule has 138 valence electrons. The van der Waals surface area contributed by atoms with Crippen LogP contribution in [0.5, 0.6) is 0 Å². The van der Waals surface area contributed by atoms with Gasteiger partial charge in [-0.1, -0.05) is 91.0 Å². The number of aliphatic imine (C=N–C) groups is 1. The normalized spacial score (nSPS) is 14.0. The first-order chi connectivity index (χ1) is 13.7. The third-order valence-corrected chi connectivity index (χ3v) is 5.37. The quantitative estimate of drug-likeness (QED) is 0.438. The van der Waals surface area contributed by atoms with E-state index >= 15 is 0 Å². The zero-order chi connectivity index (χ0) is 19.3. The summed E-state index contributed by atoms with van der Waals surface area (Å²) in [6, 6.07) is 27.8. The molecule has 3 aromatic rings. The Kier molecular flexibility index (Phi) is 5.34. The molecule has 0 fully saturated rings. The maximum atomic E-state index is 4.75. The molecule has 1 aliphatic carbocycles. The molecule has 3 aromatic carbocycles. The van der Waals surface area contributed by atoms with Gasteiger partial charge in [-0.25, -0.2) is 0 Å². The van der Waals surface area contributed by atoms with Crippen molar-refractivity contribution in [3.8, 4) is 0 Å². The summed E-state index contributed by atoms with van der Waals surface area (Å²) in [5.74, 6) is 0. The van der Waals surface area contributed by atoms with Crippen LogP contribution in [0.15, 0.2) is 96.0 Å². The molecule has 0 heterocycles. The van der Waals surface area contributed by atoms with Crippen LogP contribution >= 0.6 is 0 Å². The summed E-state index contributed by atoms with van der Waals surface area (Å²) in [4.78, 5) is 4.75. The van der Waals surface area contributed by atoms with Gasteiger partial charge < -0.3 is 0 Å². The van der Waals surface area contributed by atoms with Crippen LogP contribution in [0.2, 0.25) is 0 Å². The Balaban J connectivity index is 1.41. The fourth-order valence-electron chi connectivity index (χ4n) is 3.65. The molecule has 0 atom stereocenters. The predicted molar refractivity (Wildman–Crippen MR) is 121 cm³/mol.